The van der Waals surface area contributed by atoms with Gasteiger partial charge in [0.15, 0.2) is 6.10 Å². The molecule has 2 aromatic rings. The third-order valence-corrected chi connectivity index (χ3v) is 3.04. The molecule has 1 atom stereocenters. The Labute approximate surface area is 136 Å². The molecule has 2 rings (SSSR count). The maximum atomic E-state index is 12.0. The number of ether oxygens (including phenoxy) is 1. The second-order valence-corrected chi connectivity index (χ2v) is 6.25. The van der Waals surface area contributed by atoms with Crippen molar-refractivity contribution in [3.05, 3.63) is 59.8 Å². The van der Waals surface area contributed by atoms with Crippen LogP contribution in [-0.2, 0) is 11.3 Å². The lowest BCUT2D eigenvalue weighted by molar-refractivity contribution is -0.129. The lowest BCUT2D eigenvalue weighted by Crippen LogP contribution is -2.29. The van der Waals surface area contributed by atoms with E-state index in [1.807, 2.05) is 26.8 Å². The summed E-state index contributed by atoms with van der Waals surface area (Å²) >= 11 is 0. The molecule has 1 aromatic carbocycles. The molecule has 122 valence electrons. The van der Waals surface area contributed by atoms with Gasteiger partial charge in [0.2, 0.25) is 5.88 Å². The van der Waals surface area contributed by atoms with Crippen LogP contribution < -0.4 is 10.1 Å². The molecular formula is C18H22N2O3. The quantitative estimate of drug-likeness (QED) is 0.890. The minimum absolute atomic E-state index is 0.297. The lowest BCUT2D eigenvalue weighted by Gasteiger charge is -2.20. The van der Waals surface area contributed by atoms with Crippen molar-refractivity contribution in [2.45, 2.75) is 39.0 Å². The molecule has 0 saturated heterocycles. The Morgan fingerprint density at radius 1 is 1.26 bits per heavy atom. The van der Waals surface area contributed by atoms with Crippen molar-refractivity contribution >= 4 is 5.91 Å². The number of carbonyl (C=O) groups excluding carboxylic acids is 1. The maximum absolute atomic E-state index is 12.0. The Morgan fingerprint density at radius 2 is 1.96 bits per heavy atom. The number of hydrogen-bond acceptors (Lipinski definition) is 4. The van der Waals surface area contributed by atoms with E-state index in [9.17, 15) is 9.90 Å². The first-order chi connectivity index (χ1) is 10.8. The first-order valence-electron chi connectivity index (χ1n) is 7.50. The number of aliphatic hydroxyl groups is 1. The standard InChI is InChI=1S/C18H22N2O3/c1-18(2,3)23-15-11-13(9-10-19-15)12-20-17(22)16(21)14-7-5-4-6-8-14/h4-11,16,21H,12H2,1-3H3,(H,20,22). The number of nitrogens with zero attached hydrogens (tertiary/aromatic N) is 1. The number of aromatic nitrogens is 1. The van der Waals surface area contributed by atoms with Gasteiger partial charge in [0.25, 0.3) is 5.91 Å². The van der Waals surface area contributed by atoms with Crippen molar-refractivity contribution in [2.24, 2.45) is 0 Å². The van der Waals surface area contributed by atoms with Crippen LogP contribution in [0.25, 0.3) is 0 Å². The average molecular weight is 314 g/mol. The van der Waals surface area contributed by atoms with Crippen LogP contribution in [0.15, 0.2) is 48.7 Å². The Bertz CT molecular complexity index is 651. The zero-order valence-corrected chi connectivity index (χ0v) is 13.6. The molecule has 0 aliphatic carbocycles. The molecule has 1 amide bonds. The molecule has 1 heterocycles. The van der Waals surface area contributed by atoms with E-state index >= 15 is 0 Å². The van der Waals surface area contributed by atoms with E-state index in [2.05, 4.69) is 10.3 Å². The van der Waals surface area contributed by atoms with E-state index in [1.54, 1.807) is 42.6 Å². The van der Waals surface area contributed by atoms with Crippen molar-refractivity contribution in [1.29, 1.82) is 0 Å². The van der Waals surface area contributed by atoms with E-state index in [-0.39, 0.29) is 5.60 Å². The fourth-order valence-electron chi connectivity index (χ4n) is 2.00. The third kappa shape index (κ3) is 5.38. The van der Waals surface area contributed by atoms with E-state index in [0.717, 1.165) is 5.56 Å². The molecule has 0 aliphatic rings. The zero-order chi connectivity index (χ0) is 16.9. The van der Waals surface area contributed by atoms with Crippen molar-refractivity contribution in [1.82, 2.24) is 10.3 Å². The predicted octanol–water partition coefficient (Wildman–Crippen LogP) is 2.61. The summed E-state index contributed by atoms with van der Waals surface area (Å²) < 4.78 is 5.69. The smallest absolute Gasteiger partial charge is 0.253 e. The summed E-state index contributed by atoms with van der Waals surface area (Å²) in [5.41, 5.74) is 1.09. The zero-order valence-electron chi connectivity index (χ0n) is 13.6. The minimum Gasteiger partial charge on any atom is -0.472 e. The number of amides is 1. The van der Waals surface area contributed by atoms with Crippen LogP contribution in [-0.4, -0.2) is 21.6 Å². The summed E-state index contributed by atoms with van der Waals surface area (Å²) in [5, 5.41) is 12.7. The van der Waals surface area contributed by atoms with Crippen LogP contribution in [0.1, 0.15) is 38.0 Å². The van der Waals surface area contributed by atoms with Gasteiger partial charge in [0.05, 0.1) is 0 Å². The van der Waals surface area contributed by atoms with Gasteiger partial charge in [-0.15, -0.1) is 0 Å². The van der Waals surface area contributed by atoms with Gasteiger partial charge in [0.1, 0.15) is 5.60 Å². The molecule has 2 N–H and O–H groups in total. The number of aliphatic hydroxyl groups excluding tert-OH is 1. The largest absolute Gasteiger partial charge is 0.472 e. The van der Waals surface area contributed by atoms with Gasteiger partial charge in [-0.05, 0) is 38.0 Å². The van der Waals surface area contributed by atoms with Gasteiger partial charge in [-0.25, -0.2) is 4.98 Å². The molecule has 1 aromatic heterocycles. The lowest BCUT2D eigenvalue weighted by atomic mass is 10.1. The Balaban J connectivity index is 1.95. The number of benzene rings is 1. The summed E-state index contributed by atoms with van der Waals surface area (Å²) in [7, 11) is 0. The fraction of sp³-hybridized carbons (Fsp3) is 0.333. The van der Waals surface area contributed by atoms with Gasteiger partial charge in [-0.3, -0.25) is 4.79 Å². The molecule has 0 radical (unpaired) electrons. The third-order valence-electron chi connectivity index (χ3n) is 3.04. The first-order valence-corrected chi connectivity index (χ1v) is 7.50. The van der Waals surface area contributed by atoms with Gasteiger partial charge < -0.3 is 15.2 Å². The maximum Gasteiger partial charge on any atom is 0.253 e. The Hall–Kier alpha value is -2.40. The van der Waals surface area contributed by atoms with E-state index < -0.39 is 12.0 Å². The number of hydrogen-bond donors (Lipinski definition) is 2. The summed E-state index contributed by atoms with van der Waals surface area (Å²) in [6.45, 7) is 6.13. The van der Waals surface area contributed by atoms with Crippen LogP contribution >= 0.6 is 0 Å². The first kappa shape index (κ1) is 17.0. The monoisotopic (exact) mass is 314 g/mol. The topological polar surface area (TPSA) is 71.5 Å². The summed E-state index contributed by atoms with van der Waals surface area (Å²) in [5.74, 6) is 0.0687. The SMILES string of the molecule is CC(C)(C)Oc1cc(CNC(=O)C(O)c2ccccc2)ccn1. The Morgan fingerprint density at radius 3 is 2.61 bits per heavy atom. The van der Waals surface area contributed by atoms with Crippen LogP contribution in [0.3, 0.4) is 0 Å². The highest BCUT2D eigenvalue weighted by Crippen LogP contribution is 2.17. The number of nitrogens with one attached hydrogen (secondary N) is 1. The molecule has 0 saturated carbocycles. The highest BCUT2D eigenvalue weighted by atomic mass is 16.5. The second-order valence-electron chi connectivity index (χ2n) is 6.25. The molecule has 5 heteroatoms. The normalized spacial score (nSPS) is 12.5. The van der Waals surface area contributed by atoms with E-state index in [4.69, 9.17) is 4.74 Å². The summed E-state index contributed by atoms with van der Waals surface area (Å²) in [4.78, 5) is 16.2. The molecule has 0 bridgehead atoms. The molecule has 0 fully saturated rings. The van der Waals surface area contributed by atoms with Crippen LogP contribution in [0.4, 0.5) is 0 Å². The molecular weight excluding hydrogens is 292 g/mol. The second kappa shape index (κ2) is 7.24. The average Bonchev–Trinajstić information content (AvgIpc) is 2.51. The number of rotatable bonds is 5. The van der Waals surface area contributed by atoms with Gasteiger partial charge >= 0.3 is 0 Å². The van der Waals surface area contributed by atoms with Crippen molar-refractivity contribution < 1.29 is 14.6 Å². The number of pyridine rings is 1. The van der Waals surface area contributed by atoms with Crippen LogP contribution in [0.5, 0.6) is 5.88 Å². The summed E-state index contributed by atoms with van der Waals surface area (Å²) in [6, 6.07) is 12.4. The predicted molar refractivity (Wildman–Crippen MR) is 87.9 cm³/mol. The molecule has 1 unspecified atom stereocenters. The van der Waals surface area contributed by atoms with Crippen molar-refractivity contribution in [2.75, 3.05) is 0 Å². The van der Waals surface area contributed by atoms with Gasteiger partial charge in [-0.1, -0.05) is 30.3 Å². The Kier molecular flexibility index (Phi) is 5.34. The highest BCUT2D eigenvalue weighted by molar-refractivity contribution is 5.81. The number of carbonyl (C=O) groups is 1. The van der Waals surface area contributed by atoms with E-state index in [1.165, 1.54) is 0 Å². The molecule has 23 heavy (non-hydrogen) atoms. The summed E-state index contributed by atoms with van der Waals surface area (Å²) in [6.07, 6.45) is 0.458. The van der Waals surface area contributed by atoms with E-state index in [0.29, 0.717) is 18.0 Å². The highest BCUT2D eigenvalue weighted by Gasteiger charge is 2.17. The van der Waals surface area contributed by atoms with Gasteiger partial charge in [0, 0.05) is 18.8 Å². The van der Waals surface area contributed by atoms with Crippen molar-refractivity contribution in [3.63, 3.8) is 0 Å². The molecule has 0 aliphatic heterocycles. The van der Waals surface area contributed by atoms with Crippen molar-refractivity contribution in [3.8, 4) is 5.88 Å². The molecule has 0 spiro atoms. The fourth-order valence-corrected chi connectivity index (χ4v) is 2.00. The van der Waals surface area contributed by atoms with Crippen LogP contribution in [0.2, 0.25) is 0 Å². The van der Waals surface area contributed by atoms with Gasteiger partial charge in [-0.2, -0.15) is 0 Å². The van der Waals surface area contributed by atoms with Crippen LogP contribution in [0, 0.1) is 0 Å². The minimum atomic E-state index is -1.18. The molecule has 5 nitrogen and oxygen atoms in total.